The Morgan fingerprint density at radius 1 is 1.44 bits per heavy atom. The fourth-order valence-corrected chi connectivity index (χ4v) is 4.30. The summed E-state index contributed by atoms with van der Waals surface area (Å²) in [4.78, 5) is 28.6. The third kappa shape index (κ3) is 4.27. The number of hydrogen-bond donors (Lipinski definition) is 1. The van der Waals surface area contributed by atoms with Crippen LogP contribution in [0.4, 0.5) is 6.01 Å². The first-order valence-electron chi connectivity index (χ1n) is 9.31. The van der Waals surface area contributed by atoms with Gasteiger partial charge in [-0.05, 0) is 37.8 Å². The number of piperidine rings is 1. The molecule has 1 aliphatic heterocycles. The van der Waals surface area contributed by atoms with E-state index in [1.165, 1.54) is 4.88 Å². The van der Waals surface area contributed by atoms with Crippen LogP contribution in [0.15, 0.2) is 28.3 Å². The fourth-order valence-electron chi connectivity index (χ4n) is 3.51. The maximum Gasteiger partial charge on any atom is 0.299 e. The Kier molecular flexibility index (Phi) is 5.33. The van der Waals surface area contributed by atoms with Gasteiger partial charge in [0.15, 0.2) is 5.58 Å². The number of rotatable bonds is 6. The molecule has 1 amide bonds. The minimum atomic E-state index is 0.114. The molecule has 4 heterocycles. The van der Waals surface area contributed by atoms with Crippen LogP contribution in [0.3, 0.4) is 0 Å². The third-order valence-corrected chi connectivity index (χ3v) is 5.93. The predicted molar refractivity (Wildman–Crippen MR) is 105 cm³/mol. The molecule has 1 unspecified atom stereocenters. The largest absolute Gasteiger partial charge is 0.422 e. The van der Waals surface area contributed by atoms with Crippen molar-refractivity contribution in [1.29, 1.82) is 0 Å². The molecule has 1 N–H and O–H groups in total. The van der Waals surface area contributed by atoms with Crippen molar-refractivity contribution in [2.45, 2.75) is 32.6 Å². The maximum atomic E-state index is 12.3. The first-order chi connectivity index (χ1) is 13.2. The van der Waals surface area contributed by atoms with Crippen LogP contribution in [0, 0.1) is 12.8 Å². The van der Waals surface area contributed by atoms with E-state index in [0.29, 0.717) is 36.1 Å². The Hall–Kier alpha value is -2.48. The topological polar surface area (TPSA) is 84.2 Å². The molecule has 4 rings (SSSR count). The number of aryl methyl sites for hydroxylation is 1. The van der Waals surface area contributed by atoms with Gasteiger partial charge in [0, 0.05) is 43.5 Å². The van der Waals surface area contributed by atoms with E-state index >= 15 is 0 Å². The first-order valence-corrected chi connectivity index (χ1v) is 10.2. The van der Waals surface area contributed by atoms with Gasteiger partial charge in [-0.15, -0.1) is 11.3 Å². The van der Waals surface area contributed by atoms with Crippen molar-refractivity contribution >= 4 is 34.5 Å². The summed E-state index contributed by atoms with van der Waals surface area (Å²) in [7, 11) is 0. The Labute approximate surface area is 161 Å². The van der Waals surface area contributed by atoms with Gasteiger partial charge < -0.3 is 14.6 Å². The number of nitrogens with one attached hydrogen (secondary N) is 1. The van der Waals surface area contributed by atoms with Crippen molar-refractivity contribution in [1.82, 2.24) is 20.3 Å². The zero-order valence-electron chi connectivity index (χ0n) is 15.4. The molecule has 1 aliphatic rings. The summed E-state index contributed by atoms with van der Waals surface area (Å²) in [6, 6.07) is 4.32. The minimum absolute atomic E-state index is 0.114. The number of fused-ring (bicyclic) bond motifs is 1. The molecular weight excluding hydrogens is 362 g/mol. The second kappa shape index (κ2) is 8.04. The molecule has 0 aliphatic carbocycles. The van der Waals surface area contributed by atoms with Gasteiger partial charge in [-0.3, -0.25) is 4.79 Å². The zero-order chi connectivity index (χ0) is 18.6. The van der Waals surface area contributed by atoms with Crippen LogP contribution in [-0.2, 0) is 11.2 Å². The van der Waals surface area contributed by atoms with Gasteiger partial charge in [-0.2, -0.15) is 4.98 Å². The Morgan fingerprint density at radius 2 is 2.37 bits per heavy atom. The maximum absolute atomic E-state index is 12.3. The van der Waals surface area contributed by atoms with Gasteiger partial charge in [-0.1, -0.05) is 0 Å². The number of thiazole rings is 1. The lowest BCUT2D eigenvalue weighted by Gasteiger charge is -2.31. The standard InChI is InChI=1S/C19H23N5O2S/c1-13-16(27-12-22-13)6-8-20-17(25)10-14-4-3-9-24(11-14)19-23-18-15(26-19)5-2-7-21-18/h2,5,7,12,14H,3-4,6,8-11H2,1H3,(H,20,25). The molecule has 0 bridgehead atoms. The molecule has 8 heteroatoms. The fraction of sp³-hybridized carbons (Fsp3) is 0.474. The SMILES string of the molecule is Cc1ncsc1CCNC(=O)CC1CCCN(c2nc3ncccc3o2)C1. The summed E-state index contributed by atoms with van der Waals surface area (Å²) >= 11 is 1.64. The number of pyridine rings is 1. The molecule has 27 heavy (non-hydrogen) atoms. The molecule has 0 aromatic carbocycles. The smallest absolute Gasteiger partial charge is 0.299 e. The monoisotopic (exact) mass is 385 g/mol. The van der Waals surface area contributed by atoms with Gasteiger partial charge >= 0.3 is 0 Å². The van der Waals surface area contributed by atoms with Crippen molar-refractivity contribution in [3.05, 3.63) is 34.4 Å². The van der Waals surface area contributed by atoms with E-state index in [2.05, 4.69) is 25.2 Å². The number of anilines is 1. The van der Waals surface area contributed by atoms with Crippen LogP contribution in [0.1, 0.15) is 29.8 Å². The number of aromatic nitrogens is 3. The summed E-state index contributed by atoms with van der Waals surface area (Å²) < 4.78 is 5.83. The number of nitrogens with zero attached hydrogens (tertiary/aromatic N) is 4. The summed E-state index contributed by atoms with van der Waals surface area (Å²) in [5.74, 6) is 0.426. The third-order valence-electron chi connectivity index (χ3n) is 4.94. The van der Waals surface area contributed by atoms with Crippen LogP contribution in [0.5, 0.6) is 0 Å². The highest BCUT2D eigenvalue weighted by molar-refractivity contribution is 7.09. The molecule has 0 radical (unpaired) electrons. The number of amides is 1. The van der Waals surface area contributed by atoms with Gasteiger partial charge in [0.1, 0.15) is 0 Å². The van der Waals surface area contributed by atoms with Crippen molar-refractivity contribution in [2.75, 3.05) is 24.5 Å². The first kappa shape index (κ1) is 17.9. The van der Waals surface area contributed by atoms with Crippen LogP contribution in [0.25, 0.3) is 11.2 Å². The number of hydrogen-bond acceptors (Lipinski definition) is 7. The number of carbonyl (C=O) groups excluding carboxylic acids is 1. The van der Waals surface area contributed by atoms with E-state index in [0.717, 1.165) is 38.0 Å². The molecule has 142 valence electrons. The molecular formula is C19H23N5O2S. The van der Waals surface area contributed by atoms with Crippen molar-refractivity contribution in [3.8, 4) is 0 Å². The van der Waals surface area contributed by atoms with E-state index in [1.54, 1.807) is 17.5 Å². The molecule has 0 saturated carbocycles. The van der Waals surface area contributed by atoms with Gasteiger partial charge in [0.05, 0.1) is 11.2 Å². The van der Waals surface area contributed by atoms with Crippen LogP contribution >= 0.6 is 11.3 Å². The predicted octanol–water partition coefficient (Wildman–Crippen LogP) is 2.95. The van der Waals surface area contributed by atoms with Crippen LogP contribution in [-0.4, -0.2) is 40.5 Å². The lowest BCUT2D eigenvalue weighted by molar-refractivity contribution is -0.122. The lowest BCUT2D eigenvalue weighted by Crippen LogP contribution is -2.38. The average Bonchev–Trinajstić information content (AvgIpc) is 3.28. The summed E-state index contributed by atoms with van der Waals surface area (Å²) in [5, 5.41) is 3.04. The second-order valence-corrected chi connectivity index (χ2v) is 7.88. The molecule has 0 spiro atoms. The normalized spacial score (nSPS) is 17.4. The van der Waals surface area contributed by atoms with E-state index in [-0.39, 0.29) is 5.91 Å². The van der Waals surface area contributed by atoms with E-state index in [1.807, 2.05) is 24.6 Å². The van der Waals surface area contributed by atoms with E-state index in [9.17, 15) is 4.79 Å². The van der Waals surface area contributed by atoms with Crippen LogP contribution < -0.4 is 10.2 Å². The van der Waals surface area contributed by atoms with E-state index < -0.39 is 0 Å². The molecule has 1 saturated heterocycles. The molecule has 7 nitrogen and oxygen atoms in total. The quantitative estimate of drug-likeness (QED) is 0.702. The van der Waals surface area contributed by atoms with Gasteiger partial charge in [-0.25, -0.2) is 9.97 Å². The van der Waals surface area contributed by atoms with Gasteiger partial charge in [0.25, 0.3) is 6.01 Å². The molecule has 1 fully saturated rings. The average molecular weight is 385 g/mol. The minimum Gasteiger partial charge on any atom is -0.422 e. The van der Waals surface area contributed by atoms with E-state index in [4.69, 9.17) is 4.42 Å². The number of carbonyl (C=O) groups is 1. The van der Waals surface area contributed by atoms with Crippen molar-refractivity contribution in [2.24, 2.45) is 5.92 Å². The summed E-state index contributed by atoms with van der Waals surface area (Å²) in [6.07, 6.45) is 5.18. The Morgan fingerprint density at radius 3 is 3.19 bits per heavy atom. The molecule has 3 aromatic rings. The number of oxazole rings is 1. The van der Waals surface area contributed by atoms with Crippen molar-refractivity contribution in [3.63, 3.8) is 0 Å². The Balaban J connectivity index is 1.29. The van der Waals surface area contributed by atoms with Crippen LogP contribution in [0.2, 0.25) is 0 Å². The highest BCUT2D eigenvalue weighted by atomic mass is 32.1. The molecule has 3 aromatic heterocycles. The highest BCUT2D eigenvalue weighted by Gasteiger charge is 2.25. The summed E-state index contributed by atoms with van der Waals surface area (Å²) in [6.45, 7) is 4.35. The second-order valence-electron chi connectivity index (χ2n) is 6.94. The Bertz CT molecular complexity index is 889. The highest BCUT2D eigenvalue weighted by Crippen LogP contribution is 2.26. The van der Waals surface area contributed by atoms with Crippen molar-refractivity contribution < 1.29 is 9.21 Å². The van der Waals surface area contributed by atoms with Gasteiger partial charge in [0.2, 0.25) is 11.6 Å². The molecule has 1 atom stereocenters. The summed E-state index contributed by atoms with van der Waals surface area (Å²) in [5.41, 5.74) is 4.24. The zero-order valence-corrected chi connectivity index (χ0v) is 16.2. The lowest BCUT2D eigenvalue weighted by atomic mass is 9.94.